The summed E-state index contributed by atoms with van der Waals surface area (Å²) in [6, 6.07) is -0.817. The number of nitrogens with zero attached hydrogens (tertiary/aromatic N) is 1. The number of hydrogen-bond acceptors (Lipinski definition) is 3. The van der Waals surface area contributed by atoms with Crippen LogP contribution in [0.15, 0.2) is 0 Å². The molecule has 0 radical (unpaired) electrons. The molecule has 1 unspecified atom stereocenters. The summed E-state index contributed by atoms with van der Waals surface area (Å²) in [5, 5.41) is 15.1. The Labute approximate surface area is 120 Å². The van der Waals surface area contributed by atoms with E-state index in [0.717, 1.165) is 38.8 Å². The fourth-order valence-electron chi connectivity index (χ4n) is 2.58. The molecule has 0 aromatic heterocycles. The molecule has 116 valence electrons. The summed E-state index contributed by atoms with van der Waals surface area (Å²) >= 11 is 0. The zero-order chi connectivity index (χ0) is 15.0. The van der Waals surface area contributed by atoms with Crippen LogP contribution in [0, 0.1) is 0 Å². The number of rotatable bonds is 7. The van der Waals surface area contributed by atoms with Gasteiger partial charge < -0.3 is 20.6 Å². The van der Waals surface area contributed by atoms with E-state index in [-0.39, 0.29) is 12.1 Å². The highest BCUT2D eigenvalue weighted by Gasteiger charge is 2.27. The van der Waals surface area contributed by atoms with Gasteiger partial charge in [-0.1, -0.05) is 19.8 Å². The lowest BCUT2D eigenvalue weighted by molar-refractivity contribution is -0.139. The number of amides is 2. The smallest absolute Gasteiger partial charge is 0.326 e. The van der Waals surface area contributed by atoms with E-state index in [1.54, 1.807) is 4.90 Å². The molecule has 0 bridgehead atoms. The maximum absolute atomic E-state index is 12.3. The van der Waals surface area contributed by atoms with Crippen LogP contribution in [0.1, 0.15) is 46.0 Å². The van der Waals surface area contributed by atoms with Crippen molar-refractivity contribution in [1.82, 2.24) is 15.5 Å². The van der Waals surface area contributed by atoms with Gasteiger partial charge in [-0.15, -0.1) is 0 Å². The Morgan fingerprint density at radius 2 is 2.00 bits per heavy atom. The SMILES string of the molecule is CCCCC(NC(=O)N(CC)C1CCNCC1)C(=O)O. The molecule has 0 aromatic rings. The monoisotopic (exact) mass is 285 g/mol. The summed E-state index contributed by atoms with van der Waals surface area (Å²) in [7, 11) is 0. The quantitative estimate of drug-likeness (QED) is 0.660. The average molecular weight is 285 g/mol. The largest absolute Gasteiger partial charge is 0.480 e. The highest BCUT2D eigenvalue weighted by atomic mass is 16.4. The number of carboxylic acid groups (broad SMARTS) is 1. The van der Waals surface area contributed by atoms with Crippen LogP contribution in [0.4, 0.5) is 4.79 Å². The van der Waals surface area contributed by atoms with Crippen molar-refractivity contribution in [2.24, 2.45) is 0 Å². The zero-order valence-electron chi connectivity index (χ0n) is 12.5. The predicted molar refractivity (Wildman–Crippen MR) is 77.8 cm³/mol. The van der Waals surface area contributed by atoms with Gasteiger partial charge in [0, 0.05) is 12.6 Å². The van der Waals surface area contributed by atoms with Crippen molar-refractivity contribution in [3.8, 4) is 0 Å². The van der Waals surface area contributed by atoms with Crippen LogP contribution in [0.25, 0.3) is 0 Å². The topological polar surface area (TPSA) is 81.7 Å². The molecule has 0 aromatic carbocycles. The number of urea groups is 1. The standard InChI is InChI=1S/C14H27N3O3/c1-3-5-6-12(13(18)19)16-14(20)17(4-2)11-7-9-15-10-8-11/h11-12,15H,3-10H2,1-2H3,(H,16,20)(H,18,19). The average Bonchev–Trinajstić information content (AvgIpc) is 2.45. The molecule has 3 N–H and O–H groups in total. The molecule has 1 aliphatic heterocycles. The Bertz CT molecular complexity index is 317. The number of carboxylic acids is 1. The predicted octanol–water partition coefficient (Wildman–Crippen LogP) is 1.41. The Morgan fingerprint density at radius 3 is 2.50 bits per heavy atom. The molecule has 1 fully saturated rings. The van der Waals surface area contributed by atoms with Crippen LogP contribution < -0.4 is 10.6 Å². The number of carbonyl (C=O) groups is 2. The Hall–Kier alpha value is -1.30. The minimum Gasteiger partial charge on any atom is -0.480 e. The lowest BCUT2D eigenvalue weighted by Crippen LogP contribution is -2.53. The first kappa shape index (κ1) is 16.8. The number of nitrogens with one attached hydrogen (secondary N) is 2. The van der Waals surface area contributed by atoms with Gasteiger partial charge in [-0.05, 0) is 39.3 Å². The van der Waals surface area contributed by atoms with E-state index < -0.39 is 12.0 Å². The van der Waals surface area contributed by atoms with Gasteiger partial charge in [0.1, 0.15) is 6.04 Å². The summed E-state index contributed by atoms with van der Waals surface area (Å²) in [5.41, 5.74) is 0. The summed E-state index contributed by atoms with van der Waals surface area (Å²) in [6.45, 7) is 6.37. The van der Waals surface area contributed by atoms with Crippen LogP contribution in [0.2, 0.25) is 0 Å². The van der Waals surface area contributed by atoms with E-state index in [9.17, 15) is 14.7 Å². The highest BCUT2D eigenvalue weighted by molar-refractivity contribution is 5.82. The first-order valence-electron chi connectivity index (χ1n) is 7.60. The number of aliphatic carboxylic acids is 1. The molecule has 2 amide bonds. The van der Waals surface area contributed by atoms with Gasteiger partial charge in [0.05, 0.1) is 0 Å². The van der Waals surface area contributed by atoms with Crippen molar-refractivity contribution >= 4 is 12.0 Å². The van der Waals surface area contributed by atoms with Crippen molar-refractivity contribution in [2.75, 3.05) is 19.6 Å². The highest BCUT2D eigenvalue weighted by Crippen LogP contribution is 2.12. The van der Waals surface area contributed by atoms with Crippen LogP contribution >= 0.6 is 0 Å². The summed E-state index contributed by atoms with van der Waals surface area (Å²) in [5.74, 6) is -0.951. The van der Waals surface area contributed by atoms with E-state index in [2.05, 4.69) is 10.6 Å². The lowest BCUT2D eigenvalue weighted by Gasteiger charge is -2.34. The van der Waals surface area contributed by atoms with Gasteiger partial charge in [0.15, 0.2) is 0 Å². The fraction of sp³-hybridized carbons (Fsp3) is 0.857. The third kappa shape index (κ3) is 5.00. The molecule has 20 heavy (non-hydrogen) atoms. The van der Waals surface area contributed by atoms with Gasteiger partial charge in [0.25, 0.3) is 0 Å². The zero-order valence-corrected chi connectivity index (χ0v) is 12.5. The molecule has 0 spiro atoms. The van der Waals surface area contributed by atoms with E-state index in [4.69, 9.17) is 0 Å². The van der Waals surface area contributed by atoms with E-state index in [1.807, 2.05) is 13.8 Å². The summed E-state index contributed by atoms with van der Waals surface area (Å²) < 4.78 is 0. The van der Waals surface area contributed by atoms with Crippen molar-refractivity contribution in [3.05, 3.63) is 0 Å². The summed E-state index contributed by atoms with van der Waals surface area (Å²) in [6.07, 6.45) is 4.06. The van der Waals surface area contributed by atoms with E-state index >= 15 is 0 Å². The first-order chi connectivity index (χ1) is 9.60. The van der Waals surface area contributed by atoms with Crippen molar-refractivity contribution in [2.45, 2.75) is 58.0 Å². The summed E-state index contributed by atoms with van der Waals surface area (Å²) in [4.78, 5) is 25.2. The Morgan fingerprint density at radius 1 is 1.35 bits per heavy atom. The Balaban J connectivity index is 2.57. The van der Waals surface area contributed by atoms with E-state index in [0.29, 0.717) is 13.0 Å². The normalized spacial score (nSPS) is 17.5. The maximum atomic E-state index is 12.3. The van der Waals surface area contributed by atoms with Crippen LogP contribution in [0.5, 0.6) is 0 Å². The lowest BCUT2D eigenvalue weighted by atomic mass is 10.1. The maximum Gasteiger partial charge on any atom is 0.326 e. The van der Waals surface area contributed by atoms with Gasteiger partial charge in [-0.2, -0.15) is 0 Å². The van der Waals surface area contributed by atoms with E-state index in [1.165, 1.54) is 0 Å². The third-order valence-corrected chi connectivity index (χ3v) is 3.79. The van der Waals surface area contributed by atoms with Crippen molar-refractivity contribution in [1.29, 1.82) is 0 Å². The molecule has 1 rings (SSSR count). The van der Waals surface area contributed by atoms with Gasteiger partial charge in [-0.3, -0.25) is 0 Å². The van der Waals surface area contributed by atoms with Crippen molar-refractivity contribution < 1.29 is 14.7 Å². The number of unbranched alkanes of at least 4 members (excludes halogenated alkanes) is 1. The van der Waals surface area contributed by atoms with Gasteiger partial charge in [0.2, 0.25) is 0 Å². The third-order valence-electron chi connectivity index (χ3n) is 3.79. The van der Waals surface area contributed by atoms with Crippen LogP contribution in [-0.4, -0.2) is 53.7 Å². The minimum absolute atomic E-state index is 0.210. The molecule has 0 aliphatic carbocycles. The fourth-order valence-corrected chi connectivity index (χ4v) is 2.58. The minimum atomic E-state index is -0.951. The molecule has 0 saturated carbocycles. The molecule has 1 aliphatic rings. The molecule has 1 heterocycles. The molecular weight excluding hydrogens is 258 g/mol. The van der Waals surface area contributed by atoms with Crippen LogP contribution in [-0.2, 0) is 4.79 Å². The first-order valence-corrected chi connectivity index (χ1v) is 7.60. The second kappa shape index (κ2) is 8.79. The number of piperidine rings is 1. The van der Waals surface area contributed by atoms with Gasteiger partial charge >= 0.3 is 12.0 Å². The molecule has 1 saturated heterocycles. The second-order valence-electron chi connectivity index (χ2n) is 5.25. The van der Waals surface area contributed by atoms with Gasteiger partial charge in [-0.25, -0.2) is 9.59 Å². The molecule has 6 heteroatoms. The molecular formula is C14H27N3O3. The Kier molecular flexibility index (Phi) is 7.36. The molecule has 1 atom stereocenters. The van der Waals surface area contributed by atoms with Crippen molar-refractivity contribution in [3.63, 3.8) is 0 Å². The molecule has 6 nitrogen and oxygen atoms in total. The number of carbonyl (C=O) groups excluding carboxylic acids is 1. The van der Waals surface area contributed by atoms with Crippen LogP contribution in [0.3, 0.4) is 0 Å². The second-order valence-corrected chi connectivity index (χ2v) is 5.25. The number of hydrogen-bond donors (Lipinski definition) is 3.